The van der Waals surface area contributed by atoms with Crippen molar-refractivity contribution in [3.05, 3.63) is 27.7 Å². The lowest BCUT2D eigenvalue weighted by Gasteiger charge is -2.25. The third-order valence-corrected chi connectivity index (χ3v) is 8.21. The zero-order valence-corrected chi connectivity index (χ0v) is 17.6. The minimum absolute atomic E-state index is 0.0548. The average molecular weight is 466 g/mol. The Morgan fingerprint density at radius 1 is 1.44 bits per heavy atom. The van der Waals surface area contributed by atoms with Crippen molar-refractivity contribution < 1.29 is 13.2 Å². The zero-order chi connectivity index (χ0) is 18.2. The van der Waals surface area contributed by atoms with Gasteiger partial charge in [-0.3, -0.25) is 4.79 Å². The summed E-state index contributed by atoms with van der Waals surface area (Å²) in [4.78, 5) is 18.2. The van der Waals surface area contributed by atoms with Gasteiger partial charge in [0.05, 0.1) is 28.3 Å². The van der Waals surface area contributed by atoms with Crippen LogP contribution in [0.3, 0.4) is 0 Å². The van der Waals surface area contributed by atoms with Crippen LogP contribution in [0.15, 0.2) is 27.7 Å². The molecule has 2 atom stereocenters. The summed E-state index contributed by atoms with van der Waals surface area (Å²) < 4.78 is 24.9. The average Bonchev–Trinajstić information content (AvgIpc) is 2.97. The highest BCUT2D eigenvalue weighted by Gasteiger charge is 2.49. The second-order valence-electron chi connectivity index (χ2n) is 6.16. The number of amidine groups is 1. The number of fused-ring (bicyclic) bond motifs is 1. The first kappa shape index (κ1) is 19.2. The smallest absolute Gasteiger partial charge is 0.248 e. The molecule has 2 unspecified atom stereocenters. The molecular formula is C16H18BrClN2O3S2. The minimum Gasteiger partial charge on any atom is -0.314 e. The van der Waals surface area contributed by atoms with Crippen LogP contribution >= 0.6 is 39.3 Å². The van der Waals surface area contributed by atoms with Crippen molar-refractivity contribution in [3.8, 4) is 0 Å². The normalized spacial score (nSPS) is 26.2. The fourth-order valence-electron chi connectivity index (χ4n) is 3.01. The van der Waals surface area contributed by atoms with Gasteiger partial charge in [-0.05, 0) is 24.6 Å². The van der Waals surface area contributed by atoms with Crippen LogP contribution in [0.1, 0.15) is 26.2 Å². The molecule has 5 nitrogen and oxygen atoms in total. The van der Waals surface area contributed by atoms with E-state index < -0.39 is 9.84 Å². The molecule has 0 aromatic heterocycles. The maximum Gasteiger partial charge on any atom is 0.248 e. The van der Waals surface area contributed by atoms with Crippen LogP contribution in [0.25, 0.3) is 0 Å². The molecule has 2 heterocycles. The molecule has 0 saturated carbocycles. The first-order chi connectivity index (χ1) is 11.8. The predicted octanol–water partition coefficient (Wildman–Crippen LogP) is 3.89. The van der Waals surface area contributed by atoms with Crippen molar-refractivity contribution in [1.82, 2.24) is 0 Å². The van der Waals surface area contributed by atoms with E-state index in [0.717, 1.165) is 17.3 Å². The standard InChI is InChI=1S/C16H18BrClN2O3S2/c1-2-3-4-15(21)19-16-20(12-6-5-10(17)7-11(12)18)13-8-25(22,23)9-14(13)24-16/h5-7,13-14H,2-4,8-9H2,1H3. The number of carbonyl (C=O) groups excluding carboxylic acids is 1. The minimum atomic E-state index is -3.09. The lowest BCUT2D eigenvalue weighted by atomic mass is 10.2. The van der Waals surface area contributed by atoms with Gasteiger partial charge in [0, 0.05) is 16.1 Å². The van der Waals surface area contributed by atoms with E-state index in [1.54, 1.807) is 6.07 Å². The Balaban J connectivity index is 1.98. The van der Waals surface area contributed by atoms with E-state index in [0.29, 0.717) is 22.3 Å². The van der Waals surface area contributed by atoms with Gasteiger partial charge in [-0.15, -0.1) is 0 Å². The highest BCUT2D eigenvalue weighted by Crippen LogP contribution is 2.43. The first-order valence-corrected chi connectivity index (χ1v) is 11.9. The molecule has 0 spiro atoms. The molecule has 25 heavy (non-hydrogen) atoms. The van der Waals surface area contributed by atoms with Crippen LogP contribution < -0.4 is 4.90 Å². The van der Waals surface area contributed by atoms with E-state index in [9.17, 15) is 13.2 Å². The zero-order valence-electron chi connectivity index (χ0n) is 13.6. The fourth-order valence-corrected chi connectivity index (χ4v) is 7.70. The molecule has 0 N–H and O–H groups in total. The van der Waals surface area contributed by atoms with E-state index >= 15 is 0 Å². The van der Waals surface area contributed by atoms with Crippen LogP contribution in [0, 0.1) is 0 Å². The summed E-state index contributed by atoms with van der Waals surface area (Å²) in [6.45, 7) is 2.02. The molecule has 2 saturated heterocycles. The summed E-state index contributed by atoms with van der Waals surface area (Å²) >= 11 is 11.1. The maximum atomic E-state index is 12.1. The van der Waals surface area contributed by atoms with Gasteiger partial charge in [-0.1, -0.05) is 52.6 Å². The lowest BCUT2D eigenvalue weighted by molar-refractivity contribution is -0.117. The molecular weight excluding hydrogens is 448 g/mol. The van der Waals surface area contributed by atoms with Gasteiger partial charge in [0.15, 0.2) is 15.0 Å². The summed E-state index contributed by atoms with van der Waals surface area (Å²) in [6, 6.07) is 5.19. The number of benzene rings is 1. The van der Waals surface area contributed by atoms with E-state index in [1.807, 2.05) is 24.0 Å². The van der Waals surface area contributed by atoms with Gasteiger partial charge in [-0.2, -0.15) is 4.99 Å². The van der Waals surface area contributed by atoms with E-state index in [-0.39, 0.29) is 28.7 Å². The Kier molecular flexibility index (Phi) is 5.82. The second kappa shape index (κ2) is 7.58. The van der Waals surface area contributed by atoms with Crippen molar-refractivity contribution in [3.63, 3.8) is 0 Å². The topological polar surface area (TPSA) is 66.8 Å². The highest BCUT2D eigenvalue weighted by atomic mass is 79.9. The molecule has 1 aromatic carbocycles. The predicted molar refractivity (Wildman–Crippen MR) is 107 cm³/mol. The molecule has 0 bridgehead atoms. The lowest BCUT2D eigenvalue weighted by Crippen LogP contribution is -2.37. The molecule has 3 rings (SSSR count). The molecule has 2 aliphatic heterocycles. The van der Waals surface area contributed by atoms with E-state index in [1.165, 1.54) is 11.8 Å². The van der Waals surface area contributed by atoms with E-state index in [2.05, 4.69) is 20.9 Å². The van der Waals surface area contributed by atoms with Crippen LogP contribution in [-0.2, 0) is 14.6 Å². The number of carbonyl (C=O) groups is 1. The number of rotatable bonds is 4. The molecule has 136 valence electrons. The number of thioether (sulfide) groups is 1. The Hall–Kier alpha value is -0.570. The Morgan fingerprint density at radius 3 is 2.88 bits per heavy atom. The summed E-state index contributed by atoms with van der Waals surface area (Å²) in [5.41, 5.74) is 0.684. The van der Waals surface area contributed by atoms with Crippen LogP contribution in [0.5, 0.6) is 0 Å². The largest absolute Gasteiger partial charge is 0.314 e. The summed E-state index contributed by atoms with van der Waals surface area (Å²) in [5.74, 6) is -0.0144. The van der Waals surface area contributed by atoms with Gasteiger partial charge in [0.2, 0.25) is 5.91 Å². The van der Waals surface area contributed by atoms with Crippen LogP contribution in [0.2, 0.25) is 5.02 Å². The Labute approximate surface area is 165 Å². The number of unbranched alkanes of at least 4 members (excludes halogenated alkanes) is 1. The Bertz CT molecular complexity index is 829. The van der Waals surface area contributed by atoms with Gasteiger partial charge >= 0.3 is 0 Å². The summed E-state index contributed by atoms with van der Waals surface area (Å²) in [7, 11) is -3.09. The number of hydrogen-bond donors (Lipinski definition) is 0. The second-order valence-corrected chi connectivity index (χ2v) is 10.8. The first-order valence-electron chi connectivity index (χ1n) is 8.03. The molecule has 0 radical (unpaired) electrons. The summed E-state index contributed by atoms with van der Waals surface area (Å²) in [6.07, 6.45) is 2.12. The fraction of sp³-hybridized carbons (Fsp3) is 0.500. The monoisotopic (exact) mass is 464 g/mol. The number of hydrogen-bond acceptors (Lipinski definition) is 4. The highest BCUT2D eigenvalue weighted by molar-refractivity contribution is 9.10. The van der Waals surface area contributed by atoms with Crippen molar-refractivity contribution in [1.29, 1.82) is 0 Å². The maximum absolute atomic E-state index is 12.1. The summed E-state index contributed by atoms with van der Waals surface area (Å²) in [5, 5.41) is 0.922. The number of anilines is 1. The Morgan fingerprint density at radius 2 is 2.20 bits per heavy atom. The molecule has 1 aromatic rings. The number of halogens is 2. The number of sulfone groups is 1. The van der Waals surface area contributed by atoms with Crippen molar-refractivity contribution >= 4 is 65.9 Å². The molecule has 2 fully saturated rings. The van der Waals surface area contributed by atoms with Crippen molar-refractivity contribution in [2.45, 2.75) is 37.5 Å². The molecule has 0 aliphatic carbocycles. The molecule has 1 amide bonds. The van der Waals surface area contributed by atoms with Crippen LogP contribution in [0.4, 0.5) is 5.69 Å². The molecule has 2 aliphatic rings. The van der Waals surface area contributed by atoms with Crippen LogP contribution in [-0.4, -0.2) is 42.3 Å². The quantitative estimate of drug-likeness (QED) is 0.675. The van der Waals surface area contributed by atoms with Gasteiger partial charge in [0.1, 0.15) is 0 Å². The van der Waals surface area contributed by atoms with Gasteiger partial charge in [-0.25, -0.2) is 8.42 Å². The third kappa shape index (κ3) is 4.23. The number of aliphatic imine (C=N–C) groups is 1. The number of nitrogens with zero attached hydrogens (tertiary/aromatic N) is 2. The van der Waals surface area contributed by atoms with Crippen molar-refractivity contribution in [2.24, 2.45) is 4.99 Å². The van der Waals surface area contributed by atoms with E-state index in [4.69, 9.17) is 11.6 Å². The SMILES string of the molecule is CCCCC(=O)N=C1SC2CS(=O)(=O)CC2N1c1ccc(Br)cc1Cl. The third-order valence-electron chi connectivity index (χ3n) is 4.20. The van der Waals surface area contributed by atoms with Gasteiger partial charge < -0.3 is 4.90 Å². The molecule has 9 heteroatoms. The number of amides is 1. The van der Waals surface area contributed by atoms with Crippen molar-refractivity contribution in [2.75, 3.05) is 16.4 Å². The van der Waals surface area contributed by atoms with Gasteiger partial charge in [0.25, 0.3) is 0 Å².